The highest BCUT2D eigenvalue weighted by Gasteiger charge is 2.49. The monoisotopic (exact) mass is 402 g/mol. The third-order valence-electron chi connectivity index (χ3n) is 5.17. The summed E-state index contributed by atoms with van der Waals surface area (Å²) in [5.41, 5.74) is -0.0341. The quantitative estimate of drug-likeness (QED) is 0.813. The number of guanidine groups is 1. The molecule has 1 fully saturated rings. The number of halogens is 2. The topological polar surface area (TPSA) is 80.0 Å². The second-order valence-electron chi connectivity index (χ2n) is 7.21. The normalized spacial score (nSPS) is 22.8. The molecule has 0 saturated carbocycles. The largest absolute Gasteiger partial charge is 0.345 e. The van der Waals surface area contributed by atoms with Gasteiger partial charge in [-0.3, -0.25) is 15.1 Å². The highest BCUT2D eigenvalue weighted by Crippen LogP contribution is 2.44. The van der Waals surface area contributed by atoms with Crippen LogP contribution in [0.3, 0.4) is 0 Å². The minimum Gasteiger partial charge on any atom is -0.345 e. The number of aryl methyl sites for hydroxylation is 1. The zero-order chi connectivity index (χ0) is 20.9. The Labute approximate surface area is 166 Å². The van der Waals surface area contributed by atoms with E-state index in [-0.39, 0.29) is 17.4 Å². The summed E-state index contributed by atoms with van der Waals surface area (Å²) in [7, 11) is 1.50. The Bertz CT molecular complexity index is 987. The summed E-state index contributed by atoms with van der Waals surface area (Å²) >= 11 is 1.38. The van der Waals surface area contributed by atoms with Crippen molar-refractivity contribution in [2.24, 2.45) is 0 Å². The Hall–Kier alpha value is -2.79. The maximum atomic E-state index is 13.6. The number of nitrogens with zero attached hydrogens (tertiary/aromatic N) is 2. The van der Waals surface area contributed by atoms with Gasteiger partial charge in [0, 0.05) is 29.3 Å². The lowest BCUT2D eigenvalue weighted by molar-refractivity contribution is -0.131. The van der Waals surface area contributed by atoms with Gasteiger partial charge in [-0.1, -0.05) is 24.3 Å². The van der Waals surface area contributed by atoms with Crippen LogP contribution in [0.5, 0.6) is 0 Å². The Kier molecular flexibility index (Phi) is 4.76. The van der Waals surface area contributed by atoms with Crippen molar-refractivity contribution in [3.05, 3.63) is 56.8 Å². The molecule has 0 bridgehead atoms. The van der Waals surface area contributed by atoms with Crippen LogP contribution >= 0.6 is 11.3 Å². The van der Waals surface area contributed by atoms with Crippen LogP contribution in [0.25, 0.3) is 0 Å². The van der Waals surface area contributed by atoms with Crippen molar-refractivity contribution in [1.29, 1.82) is 10.7 Å². The molecule has 0 radical (unpaired) electrons. The first-order chi connectivity index (χ1) is 13.0. The fourth-order valence-electron chi connectivity index (χ4n) is 3.45. The van der Waals surface area contributed by atoms with Gasteiger partial charge in [0.25, 0.3) is 5.92 Å². The molecule has 1 aliphatic rings. The van der Waals surface area contributed by atoms with Crippen molar-refractivity contribution in [2.45, 2.75) is 38.2 Å². The lowest BCUT2D eigenvalue weighted by Crippen LogP contribution is -2.62. The van der Waals surface area contributed by atoms with Crippen LogP contribution in [0.1, 0.15) is 46.2 Å². The summed E-state index contributed by atoms with van der Waals surface area (Å²) in [6.45, 7) is 4.45. The molecule has 1 saturated heterocycles. The van der Waals surface area contributed by atoms with Gasteiger partial charge in [-0.15, -0.1) is 11.3 Å². The lowest BCUT2D eigenvalue weighted by atomic mass is 9.76. The minimum atomic E-state index is -2.97. The van der Waals surface area contributed by atoms with Gasteiger partial charge in [0.15, 0.2) is 5.96 Å². The molecule has 1 aromatic heterocycles. The predicted octanol–water partition coefficient (Wildman–Crippen LogP) is 4.04. The van der Waals surface area contributed by atoms with E-state index in [2.05, 4.69) is 11.4 Å². The standard InChI is InChI=1S/C20H20F2N4OS/c1-11-13(10-23)9-15(28-11)19(2)16(17(27)26(4)18(24)25-19)12-5-7-14(8-6-12)20(3,21)22/h5-9,16H,1-4H3,(H2,24,25)/t16?,19-/m1/s1. The molecule has 1 aliphatic heterocycles. The van der Waals surface area contributed by atoms with Gasteiger partial charge in [0.05, 0.1) is 17.0 Å². The van der Waals surface area contributed by atoms with E-state index >= 15 is 0 Å². The molecule has 28 heavy (non-hydrogen) atoms. The summed E-state index contributed by atoms with van der Waals surface area (Å²) in [5.74, 6) is -4.07. The second kappa shape index (κ2) is 6.67. The average molecular weight is 402 g/mol. The van der Waals surface area contributed by atoms with E-state index < -0.39 is 17.4 Å². The zero-order valence-corrected chi connectivity index (χ0v) is 16.7. The van der Waals surface area contributed by atoms with E-state index in [9.17, 15) is 18.8 Å². The van der Waals surface area contributed by atoms with Crippen molar-refractivity contribution < 1.29 is 13.6 Å². The Balaban J connectivity index is 2.14. The van der Waals surface area contributed by atoms with Crippen LogP contribution in [0, 0.1) is 23.7 Å². The molecule has 2 heterocycles. The SMILES string of the molecule is Cc1sc([C@@]2(C)NC(=N)N(C)C(=O)C2c2ccc(C(C)(F)F)cc2)cc1C#N. The number of nitrogens with one attached hydrogen (secondary N) is 2. The summed E-state index contributed by atoms with van der Waals surface area (Å²) in [4.78, 5) is 15.9. The molecule has 2 aromatic rings. The first-order valence-corrected chi connectivity index (χ1v) is 9.44. The maximum absolute atomic E-state index is 13.6. The van der Waals surface area contributed by atoms with Crippen molar-refractivity contribution in [1.82, 2.24) is 10.2 Å². The van der Waals surface area contributed by atoms with Crippen molar-refractivity contribution in [2.75, 3.05) is 7.05 Å². The van der Waals surface area contributed by atoms with Crippen LogP contribution in [0.2, 0.25) is 0 Å². The summed E-state index contributed by atoms with van der Waals surface area (Å²) in [5, 5.41) is 20.5. The second-order valence-corrected chi connectivity index (χ2v) is 8.47. The third-order valence-corrected chi connectivity index (χ3v) is 6.46. The molecule has 146 valence electrons. The van der Waals surface area contributed by atoms with Crippen molar-refractivity contribution in [3.63, 3.8) is 0 Å². The number of rotatable bonds is 3. The Morgan fingerprint density at radius 2 is 1.96 bits per heavy atom. The molecule has 0 spiro atoms. The minimum absolute atomic E-state index is 0.0509. The van der Waals surface area contributed by atoms with Gasteiger partial charge >= 0.3 is 0 Å². The van der Waals surface area contributed by atoms with Gasteiger partial charge in [0.2, 0.25) is 5.91 Å². The third kappa shape index (κ3) is 3.16. The van der Waals surface area contributed by atoms with E-state index in [4.69, 9.17) is 5.41 Å². The number of carbonyl (C=O) groups is 1. The number of nitriles is 1. The summed E-state index contributed by atoms with van der Waals surface area (Å²) in [6.07, 6.45) is 0. The number of likely N-dealkylation sites (N-methyl/N-ethyl adjacent to an activating group) is 1. The molecule has 1 aromatic carbocycles. The number of alkyl halides is 2. The first-order valence-electron chi connectivity index (χ1n) is 8.62. The number of benzene rings is 1. The summed E-state index contributed by atoms with van der Waals surface area (Å²) in [6, 6.07) is 9.56. The van der Waals surface area contributed by atoms with Crippen LogP contribution in [-0.2, 0) is 16.3 Å². The molecule has 5 nitrogen and oxygen atoms in total. The molecular weight excluding hydrogens is 382 g/mol. The first kappa shape index (κ1) is 20.0. The smallest absolute Gasteiger partial charge is 0.270 e. The van der Waals surface area contributed by atoms with Gasteiger partial charge < -0.3 is 5.32 Å². The number of hydrogen-bond donors (Lipinski definition) is 2. The predicted molar refractivity (Wildman–Crippen MR) is 104 cm³/mol. The van der Waals surface area contributed by atoms with Crippen LogP contribution in [-0.4, -0.2) is 23.8 Å². The molecule has 3 rings (SSSR count). The number of carbonyl (C=O) groups excluding carboxylic acids is 1. The number of amides is 1. The van der Waals surface area contributed by atoms with Gasteiger partial charge in [-0.25, -0.2) is 8.78 Å². The molecule has 0 aliphatic carbocycles. The van der Waals surface area contributed by atoms with E-state index in [0.717, 1.165) is 16.7 Å². The van der Waals surface area contributed by atoms with Crippen LogP contribution in [0.15, 0.2) is 30.3 Å². The maximum Gasteiger partial charge on any atom is 0.270 e. The van der Waals surface area contributed by atoms with E-state index in [0.29, 0.717) is 11.1 Å². The van der Waals surface area contributed by atoms with E-state index in [1.165, 1.54) is 47.5 Å². The fraction of sp³-hybridized carbons (Fsp3) is 0.350. The van der Waals surface area contributed by atoms with Gasteiger partial charge in [-0.2, -0.15) is 5.26 Å². The zero-order valence-electron chi connectivity index (χ0n) is 15.9. The molecule has 1 amide bonds. The van der Waals surface area contributed by atoms with Gasteiger partial charge in [-0.05, 0) is 25.5 Å². The lowest BCUT2D eigenvalue weighted by Gasteiger charge is -2.45. The fourth-order valence-corrected chi connectivity index (χ4v) is 4.55. The molecule has 8 heteroatoms. The molecular formula is C20H20F2N4OS. The van der Waals surface area contributed by atoms with Crippen LogP contribution < -0.4 is 5.32 Å². The summed E-state index contributed by atoms with van der Waals surface area (Å²) < 4.78 is 27.2. The number of hydrogen-bond acceptors (Lipinski definition) is 4. The van der Waals surface area contributed by atoms with E-state index in [1.54, 1.807) is 13.0 Å². The highest BCUT2D eigenvalue weighted by atomic mass is 32.1. The average Bonchev–Trinajstić information content (AvgIpc) is 3.01. The van der Waals surface area contributed by atoms with Crippen LogP contribution in [0.4, 0.5) is 8.78 Å². The Morgan fingerprint density at radius 3 is 2.46 bits per heavy atom. The molecule has 1 unspecified atom stereocenters. The van der Waals surface area contributed by atoms with Gasteiger partial charge in [0.1, 0.15) is 6.07 Å². The molecule has 2 N–H and O–H groups in total. The molecule has 2 atom stereocenters. The van der Waals surface area contributed by atoms with E-state index in [1.807, 2.05) is 6.92 Å². The van der Waals surface area contributed by atoms with Crippen molar-refractivity contribution >= 4 is 23.2 Å². The number of thiophene rings is 1. The highest BCUT2D eigenvalue weighted by molar-refractivity contribution is 7.12. The Morgan fingerprint density at radius 1 is 1.36 bits per heavy atom. The van der Waals surface area contributed by atoms with Crippen molar-refractivity contribution in [3.8, 4) is 6.07 Å².